The van der Waals surface area contributed by atoms with Crippen molar-refractivity contribution in [1.82, 2.24) is 14.7 Å². The summed E-state index contributed by atoms with van der Waals surface area (Å²) in [6.45, 7) is 4.33. The van der Waals surface area contributed by atoms with E-state index in [4.69, 9.17) is 0 Å². The molecule has 0 aromatic carbocycles. The predicted molar refractivity (Wildman–Crippen MR) is 46.1 cm³/mol. The van der Waals surface area contributed by atoms with Gasteiger partial charge in [0.1, 0.15) is 0 Å². The number of hydrogen-bond donors (Lipinski definition) is 1. The Morgan fingerprint density at radius 3 is 2.91 bits per heavy atom. The highest BCUT2D eigenvalue weighted by molar-refractivity contribution is 7.97. The summed E-state index contributed by atoms with van der Waals surface area (Å²) < 4.78 is 3.02. The summed E-state index contributed by atoms with van der Waals surface area (Å²) in [5, 5.41) is 0.731. The van der Waals surface area contributed by atoms with Gasteiger partial charge >= 0.3 is 0 Å². The Kier molecular flexibility index (Phi) is 3.64. The molecule has 1 heterocycles. The van der Waals surface area contributed by atoms with Gasteiger partial charge in [-0.15, -0.1) is 6.58 Å². The van der Waals surface area contributed by atoms with E-state index in [9.17, 15) is 0 Å². The van der Waals surface area contributed by atoms with E-state index in [-0.39, 0.29) is 0 Å². The van der Waals surface area contributed by atoms with Crippen LogP contribution in [0.2, 0.25) is 0 Å². The first kappa shape index (κ1) is 8.23. The van der Waals surface area contributed by atoms with Crippen molar-refractivity contribution >= 4 is 11.9 Å². The van der Waals surface area contributed by atoms with E-state index >= 15 is 0 Å². The number of nitrogens with zero attached hydrogens (tertiary/aromatic N) is 2. The normalized spacial score (nSPS) is 9.45. The standard InChI is InChI=1S/C7H9N3S/c1-2-4-10-11-7-8-5-3-6-9-7/h2-3,5-6,10H,1,4H2. The van der Waals surface area contributed by atoms with E-state index in [1.165, 1.54) is 11.9 Å². The molecule has 4 heteroatoms. The van der Waals surface area contributed by atoms with Gasteiger partial charge in [0.05, 0.1) is 0 Å². The first-order valence-corrected chi connectivity index (χ1v) is 4.03. The number of nitrogens with one attached hydrogen (secondary N) is 1. The fraction of sp³-hybridized carbons (Fsp3) is 0.143. The smallest absolute Gasteiger partial charge is 0.202 e. The van der Waals surface area contributed by atoms with Crippen molar-refractivity contribution in [3.8, 4) is 0 Å². The fourth-order valence-electron chi connectivity index (χ4n) is 0.503. The van der Waals surface area contributed by atoms with Crippen LogP contribution in [0.4, 0.5) is 0 Å². The Morgan fingerprint density at radius 1 is 1.55 bits per heavy atom. The van der Waals surface area contributed by atoms with Gasteiger partial charge in [-0.2, -0.15) is 0 Å². The van der Waals surface area contributed by atoms with Crippen LogP contribution in [0, 0.1) is 0 Å². The van der Waals surface area contributed by atoms with Crippen molar-refractivity contribution in [2.24, 2.45) is 0 Å². The zero-order valence-corrected chi connectivity index (χ0v) is 6.84. The van der Waals surface area contributed by atoms with Crippen LogP contribution >= 0.6 is 11.9 Å². The number of aromatic nitrogens is 2. The lowest BCUT2D eigenvalue weighted by atomic mass is 10.7. The van der Waals surface area contributed by atoms with Crippen molar-refractivity contribution in [3.63, 3.8) is 0 Å². The summed E-state index contributed by atoms with van der Waals surface area (Å²) in [5.74, 6) is 0. The molecule has 1 rings (SSSR count). The first-order valence-electron chi connectivity index (χ1n) is 3.21. The van der Waals surface area contributed by atoms with Crippen LogP contribution in [-0.2, 0) is 0 Å². The minimum Gasteiger partial charge on any atom is -0.253 e. The molecule has 1 aromatic heterocycles. The summed E-state index contributed by atoms with van der Waals surface area (Å²) in [6.07, 6.45) is 5.21. The lowest BCUT2D eigenvalue weighted by Crippen LogP contribution is -2.02. The monoisotopic (exact) mass is 167 g/mol. The van der Waals surface area contributed by atoms with Crippen molar-refractivity contribution in [1.29, 1.82) is 0 Å². The molecule has 0 radical (unpaired) electrons. The van der Waals surface area contributed by atoms with Crippen molar-refractivity contribution in [2.45, 2.75) is 5.16 Å². The molecule has 0 saturated heterocycles. The van der Waals surface area contributed by atoms with Gasteiger partial charge in [-0.3, -0.25) is 4.72 Å². The van der Waals surface area contributed by atoms with Gasteiger partial charge in [0.2, 0.25) is 5.16 Å². The van der Waals surface area contributed by atoms with Gasteiger partial charge in [0.25, 0.3) is 0 Å². The van der Waals surface area contributed by atoms with E-state index in [1.54, 1.807) is 24.5 Å². The van der Waals surface area contributed by atoms with Gasteiger partial charge in [-0.1, -0.05) is 6.08 Å². The van der Waals surface area contributed by atoms with Gasteiger partial charge in [0, 0.05) is 18.9 Å². The van der Waals surface area contributed by atoms with Crippen LogP contribution in [0.25, 0.3) is 0 Å². The van der Waals surface area contributed by atoms with Gasteiger partial charge in [-0.25, -0.2) is 9.97 Å². The third-order valence-electron chi connectivity index (χ3n) is 0.933. The highest BCUT2D eigenvalue weighted by Gasteiger charge is 1.91. The zero-order valence-electron chi connectivity index (χ0n) is 6.03. The summed E-state index contributed by atoms with van der Waals surface area (Å²) >= 11 is 1.40. The fourth-order valence-corrected chi connectivity index (χ4v) is 1.06. The van der Waals surface area contributed by atoms with E-state index in [0.29, 0.717) is 0 Å². The molecule has 0 bridgehead atoms. The SMILES string of the molecule is C=CCNSc1ncccn1. The molecule has 0 aliphatic carbocycles. The van der Waals surface area contributed by atoms with Crippen LogP contribution < -0.4 is 4.72 Å². The lowest BCUT2D eigenvalue weighted by Gasteiger charge is -1.96. The average molecular weight is 167 g/mol. The molecule has 0 amide bonds. The Balaban J connectivity index is 2.33. The summed E-state index contributed by atoms with van der Waals surface area (Å²) in [4.78, 5) is 8.01. The van der Waals surface area contributed by atoms with Gasteiger partial charge in [-0.05, 0) is 18.0 Å². The van der Waals surface area contributed by atoms with E-state index in [1.807, 2.05) is 0 Å². The van der Waals surface area contributed by atoms with Crippen molar-refractivity contribution in [3.05, 3.63) is 31.1 Å². The van der Waals surface area contributed by atoms with Crippen LogP contribution in [0.1, 0.15) is 0 Å². The predicted octanol–water partition coefficient (Wildman–Crippen LogP) is 1.26. The molecule has 58 valence electrons. The molecule has 0 saturated carbocycles. The van der Waals surface area contributed by atoms with Gasteiger partial charge < -0.3 is 0 Å². The second kappa shape index (κ2) is 4.87. The largest absolute Gasteiger partial charge is 0.253 e. The molecule has 11 heavy (non-hydrogen) atoms. The molecule has 0 spiro atoms. The van der Waals surface area contributed by atoms with Crippen LogP contribution in [-0.4, -0.2) is 16.5 Å². The van der Waals surface area contributed by atoms with Crippen molar-refractivity contribution < 1.29 is 0 Å². The zero-order chi connectivity index (χ0) is 7.94. The Morgan fingerprint density at radius 2 is 2.27 bits per heavy atom. The molecular weight excluding hydrogens is 158 g/mol. The Labute approximate surface area is 70.1 Å². The minimum atomic E-state index is 0.731. The maximum atomic E-state index is 4.01. The third-order valence-corrected chi connectivity index (χ3v) is 1.64. The Bertz CT molecular complexity index is 212. The Hall–Kier alpha value is -0.870. The first-order chi connectivity index (χ1) is 5.43. The lowest BCUT2D eigenvalue weighted by molar-refractivity contribution is 0.954. The summed E-state index contributed by atoms with van der Waals surface area (Å²) in [6, 6.07) is 1.79. The highest BCUT2D eigenvalue weighted by Crippen LogP contribution is 2.04. The molecule has 1 aromatic rings. The molecule has 0 unspecified atom stereocenters. The quantitative estimate of drug-likeness (QED) is 0.317. The molecule has 0 fully saturated rings. The number of hydrogen-bond acceptors (Lipinski definition) is 4. The van der Waals surface area contributed by atoms with Crippen LogP contribution in [0.15, 0.2) is 36.3 Å². The second-order valence-corrected chi connectivity index (χ2v) is 2.63. The number of rotatable bonds is 4. The summed E-state index contributed by atoms with van der Waals surface area (Å²) in [7, 11) is 0. The molecule has 0 aliphatic rings. The molecule has 3 nitrogen and oxygen atoms in total. The van der Waals surface area contributed by atoms with Crippen molar-refractivity contribution in [2.75, 3.05) is 6.54 Å². The average Bonchev–Trinajstić information content (AvgIpc) is 2.07. The van der Waals surface area contributed by atoms with Crippen LogP contribution in [0.3, 0.4) is 0 Å². The molecule has 0 aliphatic heterocycles. The minimum absolute atomic E-state index is 0.731. The molecule has 0 atom stereocenters. The van der Waals surface area contributed by atoms with E-state index in [2.05, 4.69) is 21.3 Å². The maximum absolute atomic E-state index is 4.01. The van der Waals surface area contributed by atoms with E-state index in [0.717, 1.165) is 11.7 Å². The van der Waals surface area contributed by atoms with Gasteiger partial charge in [0.15, 0.2) is 0 Å². The molecule has 1 N–H and O–H groups in total. The molecular formula is C7H9N3S. The maximum Gasteiger partial charge on any atom is 0.202 e. The van der Waals surface area contributed by atoms with Crippen LogP contribution in [0.5, 0.6) is 0 Å². The second-order valence-electron chi connectivity index (χ2n) is 1.77. The third kappa shape index (κ3) is 3.15. The van der Waals surface area contributed by atoms with E-state index < -0.39 is 0 Å². The topological polar surface area (TPSA) is 37.8 Å². The summed E-state index contributed by atoms with van der Waals surface area (Å²) in [5.41, 5.74) is 0. The highest BCUT2D eigenvalue weighted by atomic mass is 32.2.